The molecule has 1 aromatic rings. The standard InChI is InChI=1S/C25H36N4O4S/c30-24(26-19-9-3-1-2-4-10-19)18-29-23-17-20(34(32,33)27-14-7-8-15-27)12-13-21(23)28-16-6-5-11-22(28)25(29)31/h12-13,17,19,22H,1-11,14-16,18H2,(H,26,30)/t22-/m1/s1. The predicted molar refractivity (Wildman–Crippen MR) is 131 cm³/mol. The Morgan fingerprint density at radius 2 is 1.56 bits per heavy atom. The minimum absolute atomic E-state index is 0.0696. The van der Waals surface area contributed by atoms with E-state index >= 15 is 0 Å². The molecule has 0 spiro atoms. The summed E-state index contributed by atoms with van der Waals surface area (Å²) in [4.78, 5) is 30.5. The number of rotatable bonds is 5. The minimum Gasteiger partial charge on any atom is -0.358 e. The van der Waals surface area contributed by atoms with Gasteiger partial charge in [-0.3, -0.25) is 14.5 Å². The van der Waals surface area contributed by atoms with Crippen LogP contribution in [0.15, 0.2) is 23.1 Å². The van der Waals surface area contributed by atoms with E-state index in [0.717, 1.165) is 70.0 Å². The largest absolute Gasteiger partial charge is 0.358 e. The number of carbonyl (C=O) groups excluding carboxylic acids is 2. The average Bonchev–Trinajstić information content (AvgIpc) is 3.28. The van der Waals surface area contributed by atoms with Gasteiger partial charge >= 0.3 is 0 Å². The molecule has 4 aliphatic rings. The van der Waals surface area contributed by atoms with E-state index in [9.17, 15) is 18.0 Å². The number of carbonyl (C=O) groups is 2. The first-order valence-electron chi connectivity index (χ1n) is 13.0. The van der Waals surface area contributed by atoms with Gasteiger partial charge in [0.1, 0.15) is 12.6 Å². The van der Waals surface area contributed by atoms with Crippen molar-refractivity contribution < 1.29 is 18.0 Å². The van der Waals surface area contributed by atoms with Gasteiger partial charge in [0.2, 0.25) is 21.8 Å². The first-order valence-corrected chi connectivity index (χ1v) is 14.4. The van der Waals surface area contributed by atoms with Crippen molar-refractivity contribution in [2.75, 3.05) is 36.0 Å². The topological polar surface area (TPSA) is 90.0 Å². The average molecular weight is 489 g/mol. The molecule has 9 heteroatoms. The van der Waals surface area contributed by atoms with Crippen LogP contribution in [0, 0.1) is 0 Å². The molecule has 1 aliphatic carbocycles. The van der Waals surface area contributed by atoms with E-state index in [1.165, 1.54) is 22.0 Å². The zero-order valence-electron chi connectivity index (χ0n) is 19.9. The van der Waals surface area contributed by atoms with Crippen molar-refractivity contribution >= 4 is 33.2 Å². The van der Waals surface area contributed by atoms with E-state index in [-0.39, 0.29) is 35.3 Å². The minimum atomic E-state index is -3.62. The fourth-order valence-corrected chi connectivity index (χ4v) is 7.52. The Kier molecular flexibility index (Phi) is 6.84. The van der Waals surface area contributed by atoms with E-state index in [1.807, 2.05) is 6.07 Å². The maximum Gasteiger partial charge on any atom is 0.250 e. The maximum atomic E-state index is 13.6. The molecule has 3 fully saturated rings. The number of fused-ring (bicyclic) bond motifs is 3. The van der Waals surface area contributed by atoms with Crippen LogP contribution >= 0.6 is 0 Å². The molecule has 0 radical (unpaired) electrons. The van der Waals surface area contributed by atoms with Crippen LogP contribution in [0.4, 0.5) is 11.4 Å². The van der Waals surface area contributed by atoms with Crippen LogP contribution in [0.25, 0.3) is 0 Å². The van der Waals surface area contributed by atoms with E-state index in [4.69, 9.17) is 0 Å². The normalized spacial score (nSPS) is 24.5. The van der Waals surface area contributed by atoms with Gasteiger partial charge in [-0.2, -0.15) is 4.31 Å². The molecular formula is C25H36N4O4S. The Morgan fingerprint density at radius 1 is 0.882 bits per heavy atom. The highest BCUT2D eigenvalue weighted by molar-refractivity contribution is 7.89. The SMILES string of the molecule is O=C(CN1C(=O)[C@H]2CCCCN2c2ccc(S(=O)(=O)N3CCCC3)cc21)NC1CCCCCC1. The Morgan fingerprint density at radius 3 is 2.29 bits per heavy atom. The monoisotopic (exact) mass is 488 g/mol. The number of benzene rings is 1. The lowest BCUT2D eigenvalue weighted by atomic mass is 9.96. The summed E-state index contributed by atoms with van der Waals surface area (Å²) in [6.45, 7) is 1.75. The Labute approximate surface area is 202 Å². The first-order chi connectivity index (χ1) is 16.4. The Balaban J connectivity index is 1.45. The van der Waals surface area contributed by atoms with Crippen LogP contribution in [-0.4, -0.2) is 62.8 Å². The molecule has 2 amide bonds. The number of anilines is 2. The second-order valence-corrected chi connectivity index (χ2v) is 12.1. The lowest BCUT2D eigenvalue weighted by molar-refractivity contribution is -0.125. The third kappa shape index (κ3) is 4.56. The van der Waals surface area contributed by atoms with Gasteiger partial charge in [0.25, 0.3) is 0 Å². The lowest BCUT2D eigenvalue weighted by Crippen LogP contribution is -2.57. The second kappa shape index (κ2) is 9.85. The summed E-state index contributed by atoms with van der Waals surface area (Å²) in [6, 6.07) is 4.98. The van der Waals surface area contributed by atoms with Crippen molar-refractivity contribution in [3.63, 3.8) is 0 Å². The second-order valence-electron chi connectivity index (χ2n) is 10.1. The van der Waals surface area contributed by atoms with Crippen molar-refractivity contribution in [2.45, 2.75) is 87.6 Å². The number of hydrogen-bond donors (Lipinski definition) is 1. The molecule has 1 N–H and O–H groups in total. The quantitative estimate of drug-likeness (QED) is 0.644. The summed E-state index contributed by atoms with van der Waals surface area (Å²) < 4.78 is 28.0. The molecule has 8 nitrogen and oxygen atoms in total. The summed E-state index contributed by atoms with van der Waals surface area (Å²) >= 11 is 0. The van der Waals surface area contributed by atoms with Gasteiger partial charge in [0.05, 0.1) is 16.3 Å². The van der Waals surface area contributed by atoms with Crippen molar-refractivity contribution in [1.29, 1.82) is 0 Å². The fourth-order valence-electron chi connectivity index (χ4n) is 5.98. The number of piperidine rings is 1. The molecule has 0 aromatic heterocycles. The molecule has 3 aliphatic heterocycles. The molecule has 5 rings (SSSR count). The zero-order valence-corrected chi connectivity index (χ0v) is 20.7. The van der Waals surface area contributed by atoms with E-state index < -0.39 is 10.0 Å². The Bertz CT molecular complexity index is 1030. The molecular weight excluding hydrogens is 452 g/mol. The van der Waals surface area contributed by atoms with Gasteiger partial charge in [0, 0.05) is 25.7 Å². The number of sulfonamides is 1. The van der Waals surface area contributed by atoms with Crippen LogP contribution in [0.2, 0.25) is 0 Å². The molecule has 1 saturated carbocycles. The summed E-state index contributed by atoms with van der Waals surface area (Å²) in [5.41, 5.74) is 1.39. The van der Waals surface area contributed by atoms with Crippen molar-refractivity contribution in [2.24, 2.45) is 0 Å². The van der Waals surface area contributed by atoms with Gasteiger partial charge < -0.3 is 10.2 Å². The van der Waals surface area contributed by atoms with E-state index in [0.29, 0.717) is 18.8 Å². The van der Waals surface area contributed by atoms with Crippen LogP contribution < -0.4 is 15.1 Å². The summed E-state index contributed by atoms with van der Waals surface area (Å²) in [5.74, 6) is -0.262. The van der Waals surface area contributed by atoms with Gasteiger partial charge in [-0.25, -0.2) is 8.42 Å². The van der Waals surface area contributed by atoms with Gasteiger partial charge in [-0.15, -0.1) is 0 Å². The molecule has 2 saturated heterocycles. The van der Waals surface area contributed by atoms with Crippen LogP contribution in [-0.2, 0) is 19.6 Å². The molecule has 0 unspecified atom stereocenters. The van der Waals surface area contributed by atoms with E-state index in [2.05, 4.69) is 10.2 Å². The number of nitrogens with zero attached hydrogens (tertiary/aromatic N) is 3. The number of hydrogen-bond acceptors (Lipinski definition) is 5. The number of nitrogens with one attached hydrogen (secondary N) is 1. The molecule has 186 valence electrons. The van der Waals surface area contributed by atoms with E-state index in [1.54, 1.807) is 12.1 Å². The van der Waals surface area contributed by atoms with Crippen molar-refractivity contribution in [3.05, 3.63) is 18.2 Å². The molecule has 34 heavy (non-hydrogen) atoms. The van der Waals surface area contributed by atoms with Crippen LogP contribution in [0.3, 0.4) is 0 Å². The van der Waals surface area contributed by atoms with Gasteiger partial charge in [-0.1, -0.05) is 25.7 Å². The van der Waals surface area contributed by atoms with Gasteiger partial charge in [-0.05, 0) is 63.1 Å². The molecule has 0 bridgehead atoms. The summed E-state index contributed by atoms with van der Waals surface area (Å²) in [7, 11) is -3.62. The Hall–Kier alpha value is -2.13. The highest BCUT2D eigenvalue weighted by Gasteiger charge is 2.41. The van der Waals surface area contributed by atoms with Crippen LogP contribution in [0.1, 0.15) is 70.6 Å². The van der Waals surface area contributed by atoms with Crippen LogP contribution in [0.5, 0.6) is 0 Å². The fraction of sp³-hybridized carbons (Fsp3) is 0.680. The zero-order chi connectivity index (χ0) is 23.7. The lowest BCUT2D eigenvalue weighted by Gasteiger charge is -2.45. The third-order valence-electron chi connectivity index (χ3n) is 7.83. The first kappa shape index (κ1) is 23.6. The highest BCUT2D eigenvalue weighted by atomic mass is 32.2. The highest BCUT2D eigenvalue weighted by Crippen LogP contribution is 2.41. The number of amides is 2. The maximum absolute atomic E-state index is 13.6. The summed E-state index contributed by atoms with van der Waals surface area (Å²) in [6.07, 6.45) is 11.1. The van der Waals surface area contributed by atoms with Crippen molar-refractivity contribution in [1.82, 2.24) is 9.62 Å². The molecule has 3 heterocycles. The smallest absolute Gasteiger partial charge is 0.250 e. The predicted octanol–water partition coefficient (Wildman–Crippen LogP) is 3.02. The summed E-state index contributed by atoms with van der Waals surface area (Å²) in [5, 5.41) is 3.15. The molecule has 1 atom stereocenters. The van der Waals surface area contributed by atoms with Gasteiger partial charge in [0.15, 0.2) is 0 Å². The third-order valence-corrected chi connectivity index (χ3v) is 9.72. The van der Waals surface area contributed by atoms with Crippen molar-refractivity contribution in [3.8, 4) is 0 Å². The molecule has 1 aromatic carbocycles.